The van der Waals surface area contributed by atoms with Crippen molar-refractivity contribution in [1.29, 1.82) is 0 Å². The highest BCUT2D eigenvalue weighted by Gasteiger charge is 2.22. The standard InChI is InChI=1S/C18H17N3O5/c1-9-13-11(8-12(25-2)16(9)26-3)20-18(24)14(15(13)22)21-17(23)10-4-6-19-7-5-10/h4-8H,1-3H3,(H,21,23)(H2,20,22,24). The monoisotopic (exact) mass is 355 g/mol. The SMILES string of the molecule is COc1cc2nc(O)c(NC(=O)c3ccncc3)c(O)c2c(C)c1OC. The zero-order valence-corrected chi connectivity index (χ0v) is 14.4. The number of amides is 1. The molecule has 0 bridgehead atoms. The number of hydrogen-bond donors (Lipinski definition) is 3. The van der Waals surface area contributed by atoms with Crippen LogP contribution in [0.5, 0.6) is 23.1 Å². The van der Waals surface area contributed by atoms with Crippen molar-refractivity contribution >= 4 is 22.5 Å². The van der Waals surface area contributed by atoms with Crippen molar-refractivity contribution in [2.24, 2.45) is 0 Å². The molecule has 0 saturated heterocycles. The molecule has 0 aliphatic rings. The Kier molecular flexibility index (Phi) is 4.49. The Morgan fingerprint density at radius 2 is 1.85 bits per heavy atom. The van der Waals surface area contributed by atoms with E-state index in [2.05, 4.69) is 15.3 Å². The van der Waals surface area contributed by atoms with Gasteiger partial charge in [-0.3, -0.25) is 9.78 Å². The number of carbonyl (C=O) groups is 1. The number of carbonyl (C=O) groups excluding carboxylic acids is 1. The number of nitrogens with zero attached hydrogens (tertiary/aromatic N) is 2. The van der Waals surface area contributed by atoms with Crippen molar-refractivity contribution in [2.75, 3.05) is 19.5 Å². The fraction of sp³-hybridized carbons (Fsp3) is 0.167. The number of pyridine rings is 2. The lowest BCUT2D eigenvalue weighted by molar-refractivity contribution is 0.102. The molecule has 0 radical (unpaired) electrons. The fourth-order valence-corrected chi connectivity index (χ4v) is 2.75. The summed E-state index contributed by atoms with van der Waals surface area (Å²) in [6, 6.07) is 4.56. The highest BCUT2D eigenvalue weighted by atomic mass is 16.5. The minimum Gasteiger partial charge on any atom is -0.505 e. The summed E-state index contributed by atoms with van der Waals surface area (Å²) in [6.45, 7) is 1.72. The van der Waals surface area contributed by atoms with Gasteiger partial charge in [-0.1, -0.05) is 0 Å². The topological polar surface area (TPSA) is 114 Å². The molecular weight excluding hydrogens is 338 g/mol. The van der Waals surface area contributed by atoms with Crippen LogP contribution >= 0.6 is 0 Å². The lowest BCUT2D eigenvalue weighted by atomic mass is 10.1. The predicted octanol–water partition coefficient (Wildman–Crippen LogP) is 2.62. The van der Waals surface area contributed by atoms with E-state index in [0.717, 1.165) is 0 Å². The van der Waals surface area contributed by atoms with Crippen molar-refractivity contribution in [1.82, 2.24) is 9.97 Å². The van der Waals surface area contributed by atoms with Gasteiger partial charge in [0.15, 0.2) is 17.2 Å². The second-order valence-corrected chi connectivity index (χ2v) is 5.48. The van der Waals surface area contributed by atoms with Crippen molar-refractivity contribution in [2.45, 2.75) is 6.92 Å². The normalized spacial score (nSPS) is 10.6. The second-order valence-electron chi connectivity index (χ2n) is 5.48. The summed E-state index contributed by atoms with van der Waals surface area (Å²) in [5.74, 6) is -0.499. The van der Waals surface area contributed by atoms with Gasteiger partial charge in [0.1, 0.15) is 5.69 Å². The van der Waals surface area contributed by atoms with Crippen LogP contribution in [0.4, 0.5) is 5.69 Å². The first-order chi connectivity index (χ1) is 12.5. The van der Waals surface area contributed by atoms with E-state index in [1.165, 1.54) is 44.8 Å². The zero-order chi connectivity index (χ0) is 18.8. The Morgan fingerprint density at radius 3 is 2.46 bits per heavy atom. The van der Waals surface area contributed by atoms with E-state index in [-0.39, 0.29) is 11.4 Å². The van der Waals surface area contributed by atoms with Gasteiger partial charge in [0.05, 0.1) is 25.1 Å². The van der Waals surface area contributed by atoms with E-state index >= 15 is 0 Å². The quantitative estimate of drug-likeness (QED) is 0.659. The molecule has 0 aliphatic heterocycles. The summed E-state index contributed by atoms with van der Waals surface area (Å²) in [6.07, 6.45) is 2.93. The van der Waals surface area contributed by atoms with E-state index in [1.807, 2.05) is 0 Å². The van der Waals surface area contributed by atoms with Crippen molar-refractivity contribution in [3.05, 3.63) is 41.7 Å². The summed E-state index contributed by atoms with van der Waals surface area (Å²) >= 11 is 0. The number of fused-ring (bicyclic) bond motifs is 1. The Hall–Kier alpha value is -3.55. The second kappa shape index (κ2) is 6.75. The molecule has 1 amide bonds. The lowest BCUT2D eigenvalue weighted by Gasteiger charge is -2.16. The number of anilines is 1. The molecule has 0 atom stereocenters. The van der Waals surface area contributed by atoms with Crippen LogP contribution in [-0.4, -0.2) is 40.3 Å². The van der Waals surface area contributed by atoms with Crippen LogP contribution in [0.2, 0.25) is 0 Å². The number of hydrogen-bond acceptors (Lipinski definition) is 7. The molecule has 0 saturated carbocycles. The van der Waals surface area contributed by atoms with Gasteiger partial charge >= 0.3 is 0 Å². The Balaban J connectivity index is 2.15. The average molecular weight is 355 g/mol. The largest absolute Gasteiger partial charge is 0.505 e. The molecule has 1 aromatic carbocycles. The number of ether oxygens (including phenoxy) is 2. The first-order valence-corrected chi connectivity index (χ1v) is 7.66. The van der Waals surface area contributed by atoms with Crippen molar-refractivity contribution in [3.63, 3.8) is 0 Å². The molecule has 8 nitrogen and oxygen atoms in total. The highest BCUT2D eigenvalue weighted by molar-refractivity contribution is 6.08. The van der Waals surface area contributed by atoms with Crippen LogP contribution in [0, 0.1) is 6.92 Å². The van der Waals surface area contributed by atoms with Crippen LogP contribution in [0.1, 0.15) is 15.9 Å². The van der Waals surface area contributed by atoms with Gasteiger partial charge in [-0.25, -0.2) is 4.98 Å². The number of nitrogens with one attached hydrogen (secondary N) is 1. The minimum atomic E-state index is -0.516. The summed E-state index contributed by atoms with van der Waals surface area (Å²) in [4.78, 5) is 20.2. The maximum atomic E-state index is 12.3. The zero-order valence-electron chi connectivity index (χ0n) is 14.4. The number of methoxy groups -OCH3 is 2. The predicted molar refractivity (Wildman–Crippen MR) is 95.1 cm³/mol. The molecule has 2 heterocycles. The number of rotatable bonds is 4. The van der Waals surface area contributed by atoms with Crippen molar-refractivity contribution in [3.8, 4) is 23.1 Å². The van der Waals surface area contributed by atoms with E-state index in [1.54, 1.807) is 6.92 Å². The molecule has 3 N–H and O–H groups in total. The van der Waals surface area contributed by atoms with Gasteiger partial charge in [0, 0.05) is 29.6 Å². The van der Waals surface area contributed by atoms with E-state index in [0.29, 0.717) is 33.5 Å². The number of aromatic nitrogens is 2. The van der Waals surface area contributed by atoms with Crippen LogP contribution < -0.4 is 14.8 Å². The lowest BCUT2D eigenvalue weighted by Crippen LogP contribution is -2.12. The number of aryl methyl sites for hydroxylation is 1. The molecular formula is C18H17N3O5. The fourth-order valence-electron chi connectivity index (χ4n) is 2.75. The van der Waals surface area contributed by atoms with Gasteiger partial charge in [-0.05, 0) is 19.1 Å². The number of benzene rings is 1. The number of aromatic hydroxyl groups is 2. The molecule has 0 unspecified atom stereocenters. The summed E-state index contributed by atoms with van der Waals surface area (Å²) < 4.78 is 10.6. The molecule has 3 aromatic rings. The molecule has 0 spiro atoms. The van der Waals surface area contributed by atoms with Gasteiger partial charge < -0.3 is 25.0 Å². The smallest absolute Gasteiger partial charge is 0.256 e. The van der Waals surface area contributed by atoms with E-state index < -0.39 is 11.8 Å². The van der Waals surface area contributed by atoms with Crippen LogP contribution in [0.3, 0.4) is 0 Å². The van der Waals surface area contributed by atoms with Crippen LogP contribution in [0.15, 0.2) is 30.6 Å². The molecule has 8 heteroatoms. The Bertz CT molecular complexity index is 990. The third-order valence-electron chi connectivity index (χ3n) is 3.99. The van der Waals surface area contributed by atoms with Gasteiger partial charge in [0.2, 0.25) is 5.88 Å². The molecule has 134 valence electrons. The van der Waals surface area contributed by atoms with Crippen LogP contribution in [-0.2, 0) is 0 Å². The summed E-state index contributed by atoms with van der Waals surface area (Å²) in [7, 11) is 2.96. The van der Waals surface area contributed by atoms with E-state index in [9.17, 15) is 15.0 Å². The first-order valence-electron chi connectivity index (χ1n) is 7.66. The first kappa shape index (κ1) is 17.3. The maximum Gasteiger partial charge on any atom is 0.256 e. The van der Waals surface area contributed by atoms with Crippen LogP contribution in [0.25, 0.3) is 10.9 Å². The van der Waals surface area contributed by atoms with Gasteiger partial charge in [-0.2, -0.15) is 0 Å². The third kappa shape index (κ3) is 2.81. The molecule has 3 rings (SSSR count). The molecule has 0 aliphatic carbocycles. The maximum absolute atomic E-state index is 12.3. The van der Waals surface area contributed by atoms with E-state index in [4.69, 9.17) is 9.47 Å². The molecule has 0 fully saturated rings. The molecule has 26 heavy (non-hydrogen) atoms. The Morgan fingerprint density at radius 1 is 1.15 bits per heavy atom. The minimum absolute atomic E-state index is 0.186. The highest BCUT2D eigenvalue weighted by Crippen LogP contribution is 2.45. The van der Waals surface area contributed by atoms with Gasteiger partial charge in [0.25, 0.3) is 5.91 Å². The third-order valence-corrected chi connectivity index (χ3v) is 3.99. The summed E-state index contributed by atoms with van der Waals surface area (Å²) in [5.41, 5.74) is 1.00. The molecule has 2 aromatic heterocycles. The Labute approximate surface area is 149 Å². The summed E-state index contributed by atoms with van der Waals surface area (Å²) in [5, 5.41) is 23.7. The van der Waals surface area contributed by atoms with Crippen molar-refractivity contribution < 1.29 is 24.5 Å². The van der Waals surface area contributed by atoms with Gasteiger partial charge in [-0.15, -0.1) is 0 Å². The average Bonchev–Trinajstić information content (AvgIpc) is 2.65.